The fourth-order valence-corrected chi connectivity index (χ4v) is 3.63. The molecule has 154 valence electrons. The summed E-state index contributed by atoms with van der Waals surface area (Å²) < 4.78 is 0. The summed E-state index contributed by atoms with van der Waals surface area (Å²) >= 11 is 5.95. The van der Waals surface area contributed by atoms with E-state index in [1.54, 1.807) is 11.1 Å². The van der Waals surface area contributed by atoms with Crippen LogP contribution in [0.25, 0.3) is 0 Å². The minimum Gasteiger partial charge on any atom is -0.378 e. The van der Waals surface area contributed by atoms with Crippen LogP contribution in [-0.4, -0.2) is 58.9 Å². The van der Waals surface area contributed by atoms with Crippen molar-refractivity contribution < 1.29 is 14.6 Å². The van der Waals surface area contributed by atoms with E-state index in [4.69, 9.17) is 11.6 Å². The molecular formula is C22H30ClN5O+2. The van der Waals surface area contributed by atoms with Crippen molar-refractivity contribution in [3.8, 4) is 0 Å². The molecule has 0 spiro atoms. The number of hydrogen-bond acceptors (Lipinski definition) is 3. The largest absolute Gasteiger partial charge is 0.378 e. The van der Waals surface area contributed by atoms with E-state index in [9.17, 15) is 4.79 Å². The van der Waals surface area contributed by atoms with Crippen molar-refractivity contribution in [1.82, 2.24) is 5.43 Å². The first kappa shape index (κ1) is 21.3. The maximum Gasteiger partial charge on any atom is 0.295 e. The van der Waals surface area contributed by atoms with Crippen LogP contribution in [0.15, 0.2) is 53.6 Å². The third-order valence-electron chi connectivity index (χ3n) is 5.25. The predicted molar refractivity (Wildman–Crippen MR) is 118 cm³/mol. The van der Waals surface area contributed by atoms with E-state index in [0.29, 0.717) is 6.54 Å². The summed E-state index contributed by atoms with van der Waals surface area (Å²) in [7, 11) is 4.01. The number of carbonyl (C=O) groups is 1. The summed E-state index contributed by atoms with van der Waals surface area (Å²) in [6.45, 7) is 5.58. The Morgan fingerprint density at radius 3 is 2.28 bits per heavy atom. The molecule has 0 atom stereocenters. The highest BCUT2D eigenvalue weighted by atomic mass is 35.5. The highest BCUT2D eigenvalue weighted by Crippen LogP contribution is 2.10. The van der Waals surface area contributed by atoms with Gasteiger partial charge in [0.2, 0.25) is 0 Å². The molecule has 0 saturated carbocycles. The second-order valence-corrected chi connectivity index (χ2v) is 8.20. The SMILES string of the molecule is CN(C)c1ccc(/C=N\NC(=O)C[NH+]2CC[NH+](Cc3ccc(Cl)cc3)CC2)cc1. The third-order valence-corrected chi connectivity index (χ3v) is 5.51. The van der Waals surface area contributed by atoms with Crippen LogP contribution in [0.1, 0.15) is 11.1 Å². The Morgan fingerprint density at radius 2 is 1.66 bits per heavy atom. The monoisotopic (exact) mass is 415 g/mol. The van der Waals surface area contributed by atoms with Crippen LogP contribution in [0.5, 0.6) is 0 Å². The van der Waals surface area contributed by atoms with Crippen LogP contribution >= 0.6 is 11.6 Å². The van der Waals surface area contributed by atoms with Gasteiger partial charge in [0.05, 0.1) is 6.21 Å². The first-order chi connectivity index (χ1) is 14.0. The number of nitrogens with zero attached hydrogens (tertiary/aromatic N) is 2. The van der Waals surface area contributed by atoms with E-state index in [2.05, 4.69) is 22.7 Å². The van der Waals surface area contributed by atoms with E-state index in [1.165, 1.54) is 10.5 Å². The van der Waals surface area contributed by atoms with Gasteiger partial charge in [-0.3, -0.25) is 4.79 Å². The fourth-order valence-electron chi connectivity index (χ4n) is 3.51. The van der Waals surface area contributed by atoms with E-state index < -0.39 is 0 Å². The number of anilines is 1. The highest BCUT2D eigenvalue weighted by molar-refractivity contribution is 6.30. The van der Waals surface area contributed by atoms with Crippen LogP contribution < -0.4 is 20.1 Å². The molecule has 2 aromatic carbocycles. The number of hydrogen-bond donors (Lipinski definition) is 3. The average molecular weight is 416 g/mol. The van der Waals surface area contributed by atoms with Gasteiger partial charge in [-0.2, -0.15) is 5.10 Å². The van der Waals surface area contributed by atoms with Crippen molar-refractivity contribution >= 4 is 29.4 Å². The zero-order valence-corrected chi connectivity index (χ0v) is 17.9. The Labute approximate surface area is 177 Å². The van der Waals surface area contributed by atoms with Gasteiger partial charge in [0.25, 0.3) is 5.91 Å². The summed E-state index contributed by atoms with van der Waals surface area (Å²) in [6, 6.07) is 16.1. The quantitative estimate of drug-likeness (QED) is 0.435. The Morgan fingerprint density at radius 1 is 1.03 bits per heavy atom. The smallest absolute Gasteiger partial charge is 0.295 e. The molecule has 0 bridgehead atoms. The number of nitrogens with one attached hydrogen (secondary N) is 3. The van der Waals surface area contributed by atoms with Gasteiger partial charge in [0, 0.05) is 30.4 Å². The van der Waals surface area contributed by atoms with Gasteiger partial charge in [-0.05, 0) is 29.8 Å². The van der Waals surface area contributed by atoms with Gasteiger partial charge in [0.15, 0.2) is 6.54 Å². The van der Waals surface area contributed by atoms with Crippen molar-refractivity contribution in [3.63, 3.8) is 0 Å². The van der Waals surface area contributed by atoms with Crippen molar-refractivity contribution in [1.29, 1.82) is 0 Å². The molecule has 0 unspecified atom stereocenters. The maximum absolute atomic E-state index is 12.2. The van der Waals surface area contributed by atoms with Gasteiger partial charge in [-0.25, -0.2) is 5.43 Å². The lowest BCUT2D eigenvalue weighted by atomic mass is 10.2. The summed E-state index contributed by atoms with van der Waals surface area (Å²) in [6.07, 6.45) is 1.68. The van der Waals surface area contributed by atoms with Gasteiger partial charge in [0.1, 0.15) is 32.7 Å². The summed E-state index contributed by atoms with van der Waals surface area (Å²) in [5, 5.41) is 4.87. The Bertz CT molecular complexity index is 812. The van der Waals surface area contributed by atoms with Crippen LogP contribution in [-0.2, 0) is 11.3 Å². The third kappa shape index (κ3) is 6.85. The summed E-state index contributed by atoms with van der Waals surface area (Å²) in [5.74, 6) is -0.0395. The number of hydrazone groups is 1. The predicted octanol–water partition coefficient (Wildman–Crippen LogP) is -0.160. The number of piperazine rings is 1. The fraction of sp³-hybridized carbons (Fsp3) is 0.364. The van der Waals surface area contributed by atoms with Crippen molar-refractivity contribution in [2.24, 2.45) is 5.10 Å². The molecule has 1 amide bonds. The van der Waals surface area contributed by atoms with Gasteiger partial charge in [-0.15, -0.1) is 0 Å². The molecule has 29 heavy (non-hydrogen) atoms. The standard InChI is InChI=1S/C22H28ClN5O/c1-26(2)21-9-5-18(6-10-21)15-24-25-22(29)17-28-13-11-27(12-14-28)16-19-3-7-20(23)8-4-19/h3-10,15H,11-14,16-17H2,1-2H3,(H,25,29)/p+2/b24-15-. The molecule has 2 aromatic rings. The minimum atomic E-state index is -0.0395. The summed E-state index contributed by atoms with van der Waals surface area (Å²) in [5.41, 5.74) is 6.05. The molecule has 6 nitrogen and oxygen atoms in total. The lowest BCUT2D eigenvalue weighted by Crippen LogP contribution is -3.28. The topological polar surface area (TPSA) is 53.6 Å². The first-order valence-electron chi connectivity index (χ1n) is 10.0. The Balaban J connectivity index is 1.37. The lowest BCUT2D eigenvalue weighted by Gasteiger charge is -2.29. The minimum absolute atomic E-state index is 0.0395. The highest BCUT2D eigenvalue weighted by Gasteiger charge is 2.24. The zero-order chi connectivity index (χ0) is 20.6. The molecule has 1 saturated heterocycles. The Hall–Kier alpha value is -2.41. The van der Waals surface area contributed by atoms with E-state index in [0.717, 1.165) is 49.0 Å². The number of benzene rings is 2. The Kier molecular flexibility index (Phi) is 7.63. The van der Waals surface area contributed by atoms with Crippen LogP contribution in [0.3, 0.4) is 0 Å². The molecule has 3 rings (SSSR count). The molecule has 0 aromatic heterocycles. The number of quaternary nitrogens is 2. The van der Waals surface area contributed by atoms with E-state index in [-0.39, 0.29) is 5.91 Å². The number of rotatable bonds is 7. The molecular weight excluding hydrogens is 386 g/mol. The average Bonchev–Trinajstić information content (AvgIpc) is 2.71. The molecule has 0 radical (unpaired) electrons. The number of amides is 1. The first-order valence-corrected chi connectivity index (χ1v) is 10.4. The normalized spacial score (nSPS) is 19.3. The molecule has 1 aliphatic heterocycles. The number of carbonyl (C=O) groups excluding carboxylic acids is 1. The molecule has 7 heteroatoms. The molecule has 1 heterocycles. The maximum atomic E-state index is 12.2. The van der Waals surface area contributed by atoms with Gasteiger partial charge >= 0.3 is 0 Å². The summed E-state index contributed by atoms with van der Waals surface area (Å²) in [4.78, 5) is 17.1. The van der Waals surface area contributed by atoms with Crippen LogP contribution in [0, 0.1) is 0 Å². The second kappa shape index (κ2) is 10.4. The van der Waals surface area contributed by atoms with Crippen LogP contribution in [0.2, 0.25) is 5.02 Å². The number of halogens is 1. The van der Waals surface area contributed by atoms with Crippen molar-refractivity contribution in [2.75, 3.05) is 51.7 Å². The molecule has 3 N–H and O–H groups in total. The van der Waals surface area contributed by atoms with Crippen LogP contribution in [0.4, 0.5) is 5.69 Å². The molecule has 1 fully saturated rings. The van der Waals surface area contributed by atoms with Gasteiger partial charge < -0.3 is 14.7 Å². The van der Waals surface area contributed by atoms with E-state index >= 15 is 0 Å². The van der Waals surface area contributed by atoms with Gasteiger partial charge in [-0.1, -0.05) is 35.9 Å². The molecule has 0 aliphatic carbocycles. The van der Waals surface area contributed by atoms with E-state index in [1.807, 2.05) is 55.4 Å². The second-order valence-electron chi connectivity index (χ2n) is 7.76. The lowest BCUT2D eigenvalue weighted by molar-refractivity contribution is -1.02. The molecule has 1 aliphatic rings. The van der Waals surface area contributed by atoms with Crippen molar-refractivity contribution in [2.45, 2.75) is 6.54 Å². The van der Waals surface area contributed by atoms with Crippen molar-refractivity contribution in [3.05, 3.63) is 64.7 Å². The zero-order valence-electron chi connectivity index (χ0n) is 17.1.